The number of aryl methyl sites for hydroxylation is 1. The SMILES string of the molecule is CNC(Cc1c(F)ccc(Br)c1F)c1sccc1C. The number of likely N-dealkylation sites (N-methyl/N-ethyl adjacent to an activating group) is 1. The largest absolute Gasteiger partial charge is 0.312 e. The molecule has 5 heteroatoms. The first-order valence-corrected chi connectivity index (χ1v) is 7.55. The molecule has 0 saturated heterocycles. The molecule has 0 fully saturated rings. The average molecular weight is 346 g/mol. The van der Waals surface area contributed by atoms with Crippen LogP contribution < -0.4 is 5.32 Å². The van der Waals surface area contributed by atoms with E-state index in [1.165, 1.54) is 12.1 Å². The fraction of sp³-hybridized carbons (Fsp3) is 0.286. The molecule has 0 aliphatic carbocycles. The Kier molecular flexibility index (Phi) is 4.71. The van der Waals surface area contributed by atoms with Crippen LogP contribution in [-0.4, -0.2) is 7.05 Å². The molecule has 1 unspecified atom stereocenters. The first kappa shape index (κ1) is 14.6. The molecule has 2 rings (SSSR count). The van der Waals surface area contributed by atoms with Crippen molar-refractivity contribution in [1.82, 2.24) is 5.32 Å². The van der Waals surface area contributed by atoms with Gasteiger partial charge < -0.3 is 5.32 Å². The van der Waals surface area contributed by atoms with Crippen molar-refractivity contribution in [3.8, 4) is 0 Å². The molecule has 102 valence electrons. The highest BCUT2D eigenvalue weighted by Gasteiger charge is 2.20. The van der Waals surface area contributed by atoms with Gasteiger partial charge in [0.25, 0.3) is 0 Å². The van der Waals surface area contributed by atoms with E-state index in [0.29, 0.717) is 4.47 Å². The van der Waals surface area contributed by atoms with Gasteiger partial charge in [0, 0.05) is 16.5 Å². The summed E-state index contributed by atoms with van der Waals surface area (Å²) in [5.41, 5.74) is 1.25. The maximum absolute atomic E-state index is 14.0. The fourth-order valence-electron chi connectivity index (χ4n) is 2.03. The molecular weight excluding hydrogens is 332 g/mol. The highest BCUT2D eigenvalue weighted by Crippen LogP contribution is 2.30. The molecule has 2 aromatic rings. The van der Waals surface area contributed by atoms with Crippen molar-refractivity contribution >= 4 is 27.3 Å². The number of halogens is 3. The van der Waals surface area contributed by atoms with Gasteiger partial charge in [-0.05, 0) is 65.5 Å². The number of nitrogens with one attached hydrogen (secondary N) is 1. The van der Waals surface area contributed by atoms with E-state index >= 15 is 0 Å². The van der Waals surface area contributed by atoms with Gasteiger partial charge in [0.15, 0.2) is 0 Å². The zero-order valence-electron chi connectivity index (χ0n) is 10.6. The number of rotatable bonds is 4. The van der Waals surface area contributed by atoms with Crippen LogP contribution in [0.15, 0.2) is 28.1 Å². The van der Waals surface area contributed by atoms with Crippen LogP contribution in [0.1, 0.15) is 22.0 Å². The molecule has 1 heterocycles. The predicted octanol–water partition coefficient (Wildman–Crippen LogP) is 4.60. The predicted molar refractivity (Wildman–Crippen MR) is 78.6 cm³/mol. The molecule has 1 aromatic heterocycles. The van der Waals surface area contributed by atoms with Gasteiger partial charge in [-0.25, -0.2) is 8.78 Å². The Morgan fingerprint density at radius 3 is 2.63 bits per heavy atom. The summed E-state index contributed by atoms with van der Waals surface area (Å²) in [5, 5.41) is 5.12. The Hall–Kier alpha value is -0.780. The lowest BCUT2D eigenvalue weighted by Gasteiger charge is -2.17. The third kappa shape index (κ3) is 3.04. The van der Waals surface area contributed by atoms with Crippen LogP contribution in [0.2, 0.25) is 0 Å². The smallest absolute Gasteiger partial charge is 0.143 e. The zero-order valence-corrected chi connectivity index (χ0v) is 13.0. The monoisotopic (exact) mass is 345 g/mol. The Morgan fingerprint density at radius 2 is 2.05 bits per heavy atom. The third-order valence-electron chi connectivity index (χ3n) is 3.11. The molecule has 1 N–H and O–H groups in total. The van der Waals surface area contributed by atoms with Crippen molar-refractivity contribution in [3.05, 3.63) is 55.7 Å². The van der Waals surface area contributed by atoms with E-state index in [4.69, 9.17) is 0 Å². The van der Waals surface area contributed by atoms with Crippen molar-refractivity contribution in [2.45, 2.75) is 19.4 Å². The first-order chi connectivity index (χ1) is 9.04. The molecule has 0 spiro atoms. The standard InChI is InChI=1S/C14H14BrF2NS/c1-8-5-6-19-14(8)12(18-2)7-9-11(16)4-3-10(15)13(9)17/h3-6,12,18H,7H2,1-2H3. The van der Waals surface area contributed by atoms with E-state index < -0.39 is 11.6 Å². The van der Waals surface area contributed by atoms with Crippen LogP contribution in [-0.2, 0) is 6.42 Å². The highest BCUT2D eigenvalue weighted by molar-refractivity contribution is 9.10. The van der Waals surface area contributed by atoms with Crippen molar-refractivity contribution in [2.24, 2.45) is 0 Å². The van der Waals surface area contributed by atoms with Crippen LogP contribution in [0.5, 0.6) is 0 Å². The van der Waals surface area contributed by atoms with Gasteiger partial charge >= 0.3 is 0 Å². The summed E-state index contributed by atoms with van der Waals surface area (Å²) in [4.78, 5) is 1.11. The molecular formula is C14H14BrF2NS. The molecule has 0 radical (unpaired) electrons. The van der Waals surface area contributed by atoms with Crippen LogP contribution in [0.4, 0.5) is 8.78 Å². The topological polar surface area (TPSA) is 12.0 Å². The molecule has 0 bridgehead atoms. The second-order valence-corrected chi connectivity index (χ2v) is 6.14. The summed E-state index contributed by atoms with van der Waals surface area (Å²) in [5.74, 6) is -1.02. The van der Waals surface area contributed by atoms with Gasteiger partial charge in [0.1, 0.15) is 11.6 Å². The Labute approximate surface area is 123 Å². The third-order valence-corrected chi connectivity index (χ3v) is 4.86. The minimum absolute atomic E-state index is 0.0849. The van der Waals surface area contributed by atoms with Gasteiger partial charge in [-0.2, -0.15) is 0 Å². The molecule has 0 aliphatic heterocycles. The minimum atomic E-state index is -0.519. The van der Waals surface area contributed by atoms with Gasteiger partial charge in [-0.1, -0.05) is 0 Å². The summed E-state index contributed by atoms with van der Waals surface area (Å²) in [6.45, 7) is 2.00. The maximum Gasteiger partial charge on any atom is 0.143 e. The molecule has 0 saturated carbocycles. The molecule has 1 aromatic carbocycles. The summed E-state index contributed by atoms with van der Waals surface area (Å²) in [6.07, 6.45) is 0.287. The Bertz CT molecular complexity index is 583. The number of hydrogen-bond acceptors (Lipinski definition) is 2. The lowest BCUT2D eigenvalue weighted by molar-refractivity contribution is 0.515. The number of thiophene rings is 1. The van der Waals surface area contributed by atoms with E-state index in [-0.39, 0.29) is 18.0 Å². The van der Waals surface area contributed by atoms with E-state index in [0.717, 1.165) is 10.4 Å². The van der Waals surface area contributed by atoms with Crippen molar-refractivity contribution in [3.63, 3.8) is 0 Å². The molecule has 0 amide bonds. The van der Waals surface area contributed by atoms with Gasteiger partial charge in [0.05, 0.1) is 4.47 Å². The number of benzene rings is 1. The van der Waals surface area contributed by atoms with Crippen molar-refractivity contribution < 1.29 is 8.78 Å². The van der Waals surface area contributed by atoms with Crippen molar-refractivity contribution in [2.75, 3.05) is 7.05 Å². The van der Waals surface area contributed by atoms with Crippen LogP contribution in [0, 0.1) is 18.6 Å². The lowest BCUT2D eigenvalue weighted by atomic mass is 10.0. The second kappa shape index (κ2) is 6.11. The summed E-state index contributed by atoms with van der Waals surface area (Å²) < 4.78 is 28.1. The Balaban J connectivity index is 2.34. The van der Waals surface area contributed by atoms with E-state index in [1.54, 1.807) is 18.4 Å². The summed E-state index contributed by atoms with van der Waals surface area (Å²) >= 11 is 4.69. The maximum atomic E-state index is 14.0. The Morgan fingerprint density at radius 1 is 1.32 bits per heavy atom. The fourth-order valence-corrected chi connectivity index (χ4v) is 3.44. The van der Waals surface area contributed by atoms with Gasteiger partial charge in [-0.15, -0.1) is 11.3 Å². The number of hydrogen-bond donors (Lipinski definition) is 1. The van der Waals surface area contributed by atoms with Gasteiger partial charge in [-0.3, -0.25) is 0 Å². The highest BCUT2D eigenvalue weighted by atomic mass is 79.9. The first-order valence-electron chi connectivity index (χ1n) is 5.88. The van der Waals surface area contributed by atoms with Crippen LogP contribution >= 0.6 is 27.3 Å². The molecule has 1 nitrogen and oxygen atoms in total. The average Bonchev–Trinajstić information content (AvgIpc) is 2.81. The zero-order chi connectivity index (χ0) is 14.0. The normalized spacial score (nSPS) is 12.7. The van der Waals surface area contributed by atoms with E-state index in [2.05, 4.69) is 21.2 Å². The van der Waals surface area contributed by atoms with Crippen molar-refractivity contribution in [1.29, 1.82) is 0 Å². The van der Waals surface area contributed by atoms with Crippen LogP contribution in [0.25, 0.3) is 0 Å². The second-order valence-electron chi connectivity index (χ2n) is 4.33. The molecule has 0 aliphatic rings. The molecule has 1 atom stereocenters. The summed E-state index contributed by atoms with van der Waals surface area (Å²) in [7, 11) is 1.80. The summed E-state index contributed by atoms with van der Waals surface area (Å²) in [6, 6.07) is 4.60. The van der Waals surface area contributed by atoms with Crippen LogP contribution in [0.3, 0.4) is 0 Å². The quantitative estimate of drug-likeness (QED) is 0.798. The van der Waals surface area contributed by atoms with Gasteiger partial charge in [0.2, 0.25) is 0 Å². The van der Waals surface area contributed by atoms with E-state index in [1.807, 2.05) is 18.4 Å². The lowest BCUT2D eigenvalue weighted by Crippen LogP contribution is -2.19. The minimum Gasteiger partial charge on any atom is -0.312 e. The molecule has 19 heavy (non-hydrogen) atoms. The van der Waals surface area contributed by atoms with E-state index in [9.17, 15) is 8.78 Å².